The van der Waals surface area contributed by atoms with E-state index in [0.717, 1.165) is 17.7 Å². The van der Waals surface area contributed by atoms with Gasteiger partial charge >= 0.3 is 0 Å². The van der Waals surface area contributed by atoms with Gasteiger partial charge in [0.25, 0.3) is 0 Å². The van der Waals surface area contributed by atoms with Gasteiger partial charge in [-0.15, -0.1) is 0 Å². The molecule has 3 heteroatoms. The van der Waals surface area contributed by atoms with E-state index in [1.165, 1.54) is 31.2 Å². The highest BCUT2D eigenvalue weighted by Crippen LogP contribution is 2.33. The zero-order chi connectivity index (χ0) is 14.1. The lowest BCUT2D eigenvalue weighted by molar-refractivity contribution is -0.117. The molecule has 2 fully saturated rings. The van der Waals surface area contributed by atoms with Crippen molar-refractivity contribution in [2.75, 3.05) is 5.32 Å². The van der Waals surface area contributed by atoms with Crippen molar-refractivity contribution in [3.8, 4) is 0 Å². The molecule has 3 nitrogen and oxygen atoms in total. The van der Waals surface area contributed by atoms with Gasteiger partial charge in [0.1, 0.15) is 0 Å². The van der Waals surface area contributed by atoms with E-state index in [-0.39, 0.29) is 11.9 Å². The second-order valence-corrected chi connectivity index (χ2v) is 6.41. The quantitative estimate of drug-likeness (QED) is 0.868. The van der Waals surface area contributed by atoms with Gasteiger partial charge in [-0.3, -0.25) is 4.79 Å². The van der Waals surface area contributed by atoms with Crippen LogP contribution in [0.5, 0.6) is 0 Å². The molecule has 2 aliphatic rings. The summed E-state index contributed by atoms with van der Waals surface area (Å²) in [7, 11) is 0. The highest BCUT2D eigenvalue weighted by atomic mass is 16.2. The third-order valence-electron chi connectivity index (χ3n) is 4.83. The molecule has 3 rings (SSSR count). The molecule has 3 atom stereocenters. The third-order valence-corrected chi connectivity index (χ3v) is 4.83. The van der Waals surface area contributed by atoms with Crippen LogP contribution < -0.4 is 10.6 Å². The number of carbonyl (C=O) groups excluding carboxylic acids is 1. The number of amides is 1. The van der Waals surface area contributed by atoms with Crippen LogP contribution in [-0.4, -0.2) is 18.0 Å². The molecule has 1 aromatic carbocycles. The number of carbonyl (C=O) groups is 1. The summed E-state index contributed by atoms with van der Waals surface area (Å²) in [5.74, 6) is 0.839. The SMILES string of the molecule is Cc1ccc(C)c(NC(=O)C2CC3CCCCC3N2)c1. The summed E-state index contributed by atoms with van der Waals surface area (Å²) in [6.07, 6.45) is 6.15. The van der Waals surface area contributed by atoms with E-state index in [1.54, 1.807) is 0 Å². The molecule has 3 unspecified atom stereocenters. The minimum absolute atomic E-state index is 0.0111. The molecule has 0 bridgehead atoms. The largest absolute Gasteiger partial charge is 0.324 e. The van der Waals surface area contributed by atoms with E-state index in [2.05, 4.69) is 35.8 Å². The minimum Gasteiger partial charge on any atom is -0.324 e. The standard InChI is InChI=1S/C17H24N2O/c1-11-7-8-12(2)15(9-11)19-17(20)16-10-13-5-3-4-6-14(13)18-16/h7-9,13-14,16,18H,3-6,10H2,1-2H3,(H,19,20). The topological polar surface area (TPSA) is 41.1 Å². The molecule has 20 heavy (non-hydrogen) atoms. The molecule has 0 spiro atoms. The van der Waals surface area contributed by atoms with Gasteiger partial charge < -0.3 is 10.6 Å². The highest BCUT2D eigenvalue weighted by molar-refractivity contribution is 5.95. The number of anilines is 1. The van der Waals surface area contributed by atoms with E-state index in [0.29, 0.717) is 12.0 Å². The maximum absolute atomic E-state index is 12.4. The van der Waals surface area contributed by atoms with Crippen LogP contribution >= 0.6 is 0 Å². The normalized spacial score (nSPS) is 29.0. The summed E-state index contributed by atoms with van der Waals surface area (Å²) in [5, 5.41) is 6.64. The molecule has 0 aromatic heterocycles. The summed E-state index contributed by atoms with van der Waals surface area (Å²) in [5.41, 5.74) is 3.25. The van der Waals surface area contributed by atoms with Crippen LogP contribution in [-0.2, 0) is 4.79 Å². The van der Waals surface area contributed by atoms with E-state index in [4.69, 9.17) is 0 Å². The van der Waals surface area contributed by atoms with E-state index < -0.39 is 0 Å². The Labute approximate surface area is 121 Å². The monoisotopic (exact) mass is 272 g/mol. The van der Waals surface area contributed by atoms with Gasteiger partial charge in [0.15, 0.2) is 0 Å². The first kappa shape index (κ1) is 13.6. The Morgan fingerprint density at radius 3 is 2.85 bits per heavy atom. The first-order valence-corrected chi connectivity index (χ1v) is 7.77. The first-order chi connectivity index (χ1) is 9.63. The Kier molecular flexibility index (Phi) is 3.79. The van der Waals surface area contributed by atoms with Crippen LogP contribution in [0, 0.1) is 19.8 Å². The fourth-order valence-corrected chi connectivity index (χ4v) is 3.61. The molecule has 1 heterocycles. The molecule has 1 aromatic rings. The van der Waals surface area contributed by atoms with Crippen molar-refractivity contribution < 1.29 is 4.79 Å². The van der Waals surface area contributed by atoms with E-state index in [1.807, 2.05) is 6.92 Å². The van der Waals surface area contributed by atoms with Gasteiger partial charge in [-0.2, -0.15) is 0 Å². The van der Waals surface area contributed by atoms with Gasteiger partial charge in [-0.1, -0.05) is 25.0 Å². The molecule has 1 aliphatic heterocycles. The Morgan fingerprint density at radius 2 is 2.05 bits per heavy atom. The summed E-state index contributed by atoms with van der Waals surface area (Å²) in [4.78, 5) is 12.4. The number of hydrogen-bond donors (Lipinski definition) is 2. The highest BCUT2D eigenvalue weighted by Gasteiger charge is 2.38. The second-order valence-electron chi connectivity index (χ2n) is 6.41. The maximum atomic E-state index is 12.4. The zero-order valence-corrected chi connectivity index (χ0v) is 12.4. The van der Waals surface area contributed by atoms with Crippen LogP contribution in [0.1, 0.15) is 43.2 Å². The minimum atomic E-state index is -0.0111. The first-order valence-electron chi connectivity index (χ1n) is 7.77. The number of fused-ring (bicyclic) bond motifs is 1. The molecule has 0 radical (unpaired) electrons. The molecule has 1 saturated carbocycles. The smallest absolute Gasteiger partial charge is 0.241 e. The van der Waals surface area contributed by atoms with Crippen LogP contribution in [0.15, 0.2) is 18.2 Å². The lowest BCUT2D eigenvalue weighted by Gasteiger charge is -2.24. The van der Waals surface area contributed by atoms with Crippen molar-refractivity contribution in [2.45, 2.75) is 58.0 Å². The van der Waals surface area contributed by atoms with Gasteiger partial charge in [0, 0.05) is 11.7 Å². The van der Waals surface area contributed by atoms with Crippen LogP contribution in [0.2, 0.25) is 0 Å². The summed E-state index contributed by atoms with van der Waals surface area (Å²) < 4.78 is 0. The molecular weight excluding hydrogens is 248 g/mol. The summed E-state index contributed by atoms with van der Waals surface area (Å²) in [6, 6.07) is 6.75. The number of benzene rings is 1. The van der Waals surface area contributed by atoms with Crippen molar-refractivity contribution in [3.05, 3.63) is 29.3 Å². The fraction of sp³-hybridized carbons (Fsp3) is 0.588. The predicted octanol–water partition coefficient (Wildman–Crippen LogP) is 3.16. The number of nitrogens with one attached hydrogen (secondary N) is 2. The third kappa shape index (κ3) is 2.73. The van der Waals surface area contributed by atoms with Crippen molar-refractivity contribution in [1.29, 1.82) is 0 Å². The molecular formula is C17H24N2O. The van der Waals surface area contributed by atoms with E-state index >= 15 is 0 Å². The van der Waals surface area contributed by atoms with Crippen molar-refractivity contribution in [3.63, 3.8) is 0 Å². The molecule has 108 valence electrons. The Bertz CT molecular complexity index is 498. The number of rotatable bonds is 2. The Hall–Kier alpha value is -1.35. The molecule has 1 amide bonds. The zero-order valence-electron chi connectivity index (χ0n) is 12.4. The predicted molar refractivity (Wildman–Crippen MR) is 81.8 cm³/mol. The van der Waals surface area contributed by atoms with Crippen molar-refractivity contribution >= 4 is 11.6 Å². The van der Waals surface area contributed by atoms with Crippen molar-refractivity contribution in [2.24, 2.45) is 5.92 Å². The maximum Gasteiger partial charge on any atom is 0.241 e. The van der Waals surface area contributed by atoms with Gasteiger partial charge in [0.2, 0.25) is 5.91 Å². The van der Waals surface area contributed by atoms with Crippen LogP contribution in [0.25, 0.3) is 0 Å². The number of aryl methyl sites for hydroxylation is 2. The van der Waals surface area contributed by atoms with Gasteiger partial charge in [0.05, 0.1) is 6.04 Å². The van der Waals surface area contributed by atoms with Gasteiger partial charge in [-0.25, -0.2) is 0 Å². The average Bonchev–Trinajstić information content (AvgIpc) is 2.87. The second kappa shape index (κ2) is 5.57. The molecule has 2 N–H and O–H groups in total. The molecule has 1 aliphatic carbocycles. The number of hydrogen-bond acceptors (Lipinski definition) is 2. The van der Waals surface area contributed by atoms with Gasteiger partial charge in [-0.05, 0) is 56.2 Å². The summed E-state index contributed by atoms with van der Waals surface area (Å²) in [6.45, 7) is 4.09. The Balaban J connectivity index is 1.66. The lowest BCUT2D eigenvalue weighted by atomic mass is 9.85. The van der Waals surface area contributed by atoms with Crippen LogP contribution in [0.3, 0.4) is 0 Å². The van der Waals surface area contributed by atoms with Crippen molar-refractivity contribution in [1.82, 2.24) is 5.32 Å². The lowest BCUT2D eigenvalue weighted by Crippen LogP contribution is -2.40. The molecule has 1 saturated heterocycles. The van der Waals surface area contributed by atoms with E-state index in [9.17, 15) is 4.79 Å². The average molecular weight is 272 g/mol. The Morgan fingerprint density at radius 1 is 1.25 bits per heavy atom. The fourth-order valence-electron chi connectivity index (χ4n) is 3.61. The van der Waals surface area contributed by atoms with Crippen LogP contribution in [0.4, 0.5) is 5.69 Å². The summed E-state index contributed by atoms with van der Waals surface area (Å²) >= 11 is 0.